The lowest BCUT2D eigenvalue weighted by Gasteiger charge is -1.95. The Hall–Kier alpha value is -1.09. The lowest BCUT2D eigenvalue weighted by Crippen LogP contribution is -1.85. The fourth-order valence-corrected chi connectivity index (χ4v) is 1.45. The van der Waals surface area contributed by atoms with Crippen LogP contribution in [0.5, 0.6) is 0 Å². The van der Waals surface area contributed by atoms with Crippen molar-refractivity contribution in [1.82, 2.24) is 9.38 Å². The van der Waals surface area contributed by atoms with Gasteiger partial charge in [0.2, 0.25) is 0 Å². The lowest BCUT2D eigenvalue weighted by atomic mass is 10.4. The first kappa shape index (κ1) is 11.0. The van der Waals surface area contributed by atoms with Crippen molar-refractivity contribution in [2.24, 2.45) is 0 Å². The third kappa shape index (κ3) is 2.04. The Labute approximate surface area is 92.4 Å². The van der Waals surface area contributed by atoms with Crippen LogP contribution in [-0.4, -0.2) is 9.38 Å². The van der Waals surface area contributed by atoms with Crippen LogP contribution in [0.15, 0.2) is 35.6 Å². The van der Waals surface area contributed by atoms with Gasteiger partial charge in [0, 0.05) is 10.7 Å². The fourth-order valence-electron chi connectivity index (χ4n) is 1.13. The van der Waals surface area contributed by atoms with E-state index in [0.717, 1.165) is 15.8 Å². The number of halogens is 1. The summed E-state index contributed by atoms with van der Waals surface area (Å²) < 4.78 is 3.02. The maximum absolute atomic E-state index is 4.21. The molecule has 2 nitrogen and oxygen atoms in total. The average molecular weight is 253 g/mol. The van der Waals surface area contributed by atoms with Crippen LogP contribution in [0.25, 0.3) is 11.7 Å². The lowest BCUT2D eigenvalue weighted by molar-refractivity contribution is 1.16. The van der Waals surface area contributed by atoms with Crippen molar-refractivity contribution in [3.63, 3.8) is 0 Å². The zero-order valence-electron chi connectivity index (χ0n) is 8.37. The van der Waals surface area contributed by atoms with E-state index in [4.69, 9.17) is 0 Å². The van der Waals surface area contributed by atoms with Crippen molar-refractivity contribution in [2.45, 2.75) is 13.8 Å². The minimum Gasteiger partial charge on any atom is -0.300 e. The van der Waals surface area contributed by atoms with E-state index < -0.39 is 0 Å². The van der Waals surface area contributed by atoms with Crippen molar-refractivity contribution in [1.29, 1.82) is 0 Å². The maximum Gasteiger partial charge on any atom is 0.138 e. The smallest absolute Gasteiger partial charge is 0.138 e. The van der Waals surface area contributed by atoms with E-state index in [-0.39, 0.29) is 0 Å². The molecule has 0 aliphatic rings. The first-order chi connectivity index (χ1) is 6.81. The van der Waals surface area contributed by atoms with Gasteiger partial charge in [-0.2, -0.15) is 0 Å². The number of imidazole rings is 1. The SMILES string of the molecule is C=Cc1cnc2cc(Br)ccn12.CC. The Morgan fingerprint density at radius 3 is 2.86 bits per heavy atom. The molecule has 0 amide bonds. The second-order valence-electron chi connectivity index (χ2n) is 2.46. The Morgan fingerprint density at radius 1 is 1.50 bits per heavy atom. The van der Waals surface area contributed by atoms with Crippen molar-refractivity contribution in [3.05, 3.63) is 41.3 Å². The summed E-state index contributed by atoms with van der Waals surface area (Å²) in [6.45, 7) is 7.70. The van der Waals surface area contributed by atoms with Gasteiger partial charge in [0.15, 0.2) is 0 Å². The molecule has 0 N–H and O–H groups in total. The maximum atomic E-state index is 4.21. The first-order valence-corrected chi connectivity index (χ1v) is 5.35. The summed E-state index contributed by atoms with van der Waals surface area (Å²) in [5, 5.41) is 0. The third-order valence-corrected chi connectivity index (χ3v) is 2.21. The zero-order chi connectivity index (χ0) is 10.6. The number of fused-ring (bicyclic) bond motifs is 1. The molecule has 0 aliphatic carbocycles. The Kier molecular flexibility index (Phi) is 3.89. The average Bonchev–Trinajstić information content (AvgIpc) is 2.62. The van der Waals surface area contributed by atoms with Gasteiger partial charge in [-0.3, -0.25) is 0 Å². The van der Waals surface area contributed by atoms with Crippen LogP contribution >= 0.6 is 15.9 Å². The Balaban J connectivity index is 0.000000461. The van der Waals surface area contributed by atoms with E-state index in [1.807, 2.05) is 36.6 Å². The molecule has 14 heavy (non-hydrogen) atoms. The monoisotopic (exact) mass is 252 g/mol. The normalized spacial score (nSPS) is 9.36. The highest BCUT2D eigenvalue weighted by Gasteiger charge is 1.98. The van der Waals surface area contributed by atoms with Crippen LogP contribution in [0, 0.1) is 0 Å². The standard InChI is InChI=1S/C9H7BrN2.C2H6/c1-2-8-6-11-9-5-7(10)3-4-12(8)9;1-2/h2-6H,1H2;1-2H3. The van der Waals surface area contributed by atoms with Gasteiger partial charge in [0.05, 0.1) is 11.9 Å². The van der Waals surface area contributed by atoms with Crippen molar-refractivity contribution >= 4 is 27.7 Å². The first-order valence-electron chi connectivity index (χ1n) is 4.56. The summed E-state index contributed by atoms with van der Waals surface area (Å²) in [5.41, 5.74) is 1.94. The minimum absolute atomic E-state index is 0.930. The third-order valence-electron chi connectivity index (χ3n) is 1.71. The highest BCUT2D eigenvalue weighted by atomic mass is 79.9. The molecule has 0 spiro atoms. The predicted octanol–water partition coefficient (Wildman–Crippen LogP) is 3.77. The number of pyridine rings is 1. The van der Waals surface area contributed by atoms with E-state index in [9.17, 15) is 0 Å². The summed E-state index contributed by atoms with van der Waals surface area (Å²) in [5.74, 6) is 0. The number of hydrogen-bond donors (Lipinski definition) is 0. The van der Waals surface area contributed by atoms with Gasteiger partial charge in [-0.1, -0.05) is 36.4 Å². The van der Waals surface area contributed by atoms with Gasteiger partial charge < -0.3 is 4.40 Å². The van der Waals surface area contributed by atoms with Crippen molar-refractivity contribution in [3.8, 4) is 0 Å². The van der Waals surface area contributed by atoms with Gasteiger partial charge in [-0.25, -0.2) is 4.98 Å². The number of aromatic nitrogens is 2. The van der Waals surface area contributed by atoms with Gasteiger partial charge in [0.1, 0.15) is 5.65 Å². The molecule has 3 heteroatoms. The van der Waals surface area contributed by atoms with E-state index in [2.05, 4.69) is 27.5 Å². The molecular weight excluding hydrogens is 240 g/mol. The van der Waals surface area contributed by atoms with Gasteiger partial charge in [-0.05, 0) is 18.2 Å². The topological polar surface area (TPSA) is 17.3 Å². The molecule has 0 saturated carbocycles. The summed E-state index contributed by atoms with van der Waals surface area (Å²) in [6, 6.07) is 3.94. The highest BCUT2D eigenvalue weighted by Crippen LogP contribution is 2.14. The molecule has 0 aliphatic heterocycles. The van der Waals surface area contributed by atoms with Crippen LogP contribution in [0.1, 0.15) is 19.5 Å². The van der Waals surface area contributed by atoms with E-state index >= 15 is 0 Å². The number of rotatable bonds is 1. The molecule has 0 radical (unpaired) electrons. The molecule has 2 rings (SSSR count). The van der Waals surface area contributed by atoms with E-state index in [1.54, 1.807) is 12.3 Å². The minimum atomic E-state index is 0.930. The molecule has 0 unspecified atom stereocenters. The molecule has 2 heterocycles. The largest absolute Gasteiger partial charge is 0.300 e. The number of nitrogens with zero attached hydrogens (tertiary/aromatic N) is 2. The molecule has 2 aromatic rings. The van der Waals surface area contributed by atoms with Gasteiger partial charge in [0.25, 0.3) is 0 Å². The fraction of sp³-hybridized carbons (Fsp3) is 0.182. The van der Waals surface area contributed by atoms with Crippen LogP contribution < -0.4 is 0 Å². The van der Waals surface area contributed by atoms with Crippen LogP contribution in [0.2, 0.25) is 0 Å². The number of hydrogen-bond acceptors (Lipinski definition) is 1. The summed E-state index contributed by atoms with van der Waals surface area (Å²) in [4.78, 5) is 4.21. The molecule has 0 saturated heterocycles. The molecule has 0 aromatic carbocycles. The van der Waals surface area contributed by atoms with E-state index in [1.165, 1.54) is 0 Å². The van der Waals surface area contributed by atoms with Gasteiger partial charge >= 0.3 is 0 Å². The molecule has 0 fully saturated rings. The van der Waals surface area contributed by atoms with Crippen LogP contribution in [0.4, 0.5) is 0 Å². The predicted molar refractivity (Wildman–Crippen MR) is 64.3 cm³/mol. The van der Waals surface area contributed by atoms with Crippen molar-refractivity contribution in [2.75, 3.05) is 0 Å². The summed E-state index contributed by atoms with van der Waals surface area (Å²) in [6.07, 6.45) is 5.55. The molecule has 0 bridgehead atoms. The Morgan fingerprint density at radius 2 is 2.21 bits per heavy atom. The zero-order valence-corrected chi connectivity index (χ0v) is 9.95. The van der Waals surface area contributed by atoms with Crippen LogP contribution in [0.3, 0.4) is 0 Å². The molecule has 74 valence electrons. The van der Waals surface area contributed by atoms with Crippen molar-refractivity contribution < 1.29 is 0 Å². The quantitative estimate of drug-likeness (QED) is 0.756. The van der Waals surface area contributed by atoms with Gasteiger partial charge in [-0.15, -0.1) is 0 Å². The van der Waals surface area contributed by atoms with Crippen LogP contribution in [-0.2, 0) is 0 Å². The summed E-state index contributed by atoms with van der Waals surface area (Å²) in [7, 11) is 0. The molecule has 0 atom stereocenters. The van der Waals surface area contributed by atoms with E-state index in [0.29, 0.717) is 0 Å². The summed E-state index contributed by atoms with van der Waals surface area (Å²) >= 11 is 3.38. The molecule has 2 aromatic heterocycles. The molecular formula is C11H13BrN2. The highest BCUT2D eigenvalue weighted by molar-refractivity contribution is 9.10. The Bertz CT molecular complexity index is 432. The second kappa shape index (κ2) is 4.96. The second-order valence-corrected chi connectivity index (χ2v) is 3.38.